The van der Waals surface area contributed by atoms with Gasteiger partial charge in [0.1, 0.15) is 12.2 Å². The van der Waals surface area contributed by atoms with Crippen molar-refractivity contribution in [3.05, 3.63) is 57.5 Å². The zero-order chi connectivity index (χ0) is 21.4. The first-order valence-corrected chi connectivity index (χ1v) is 10.1. The smallest absolute Gasteiger partial charge is 0.336 e. The van der Waals surface area contributed by atoms with E-state index in [4.69, 9.17) is 9.15 Å². The minimum absolute atomic E-state index is 0.0134. The Morgan fingerprint density at radius 3 is 2.43 bits per heavy atom. The Kier molecular flexibility index (Phi) is 5.28. The molecule has 2 atom stereocenters. The third-order valence-electron chi connectivity index (χ3n) is 6.04. The van der Waals surface area contributed by atoms with Gasteiger partial charge in [-0.05, 0) is 37.8 Å². The Hall–Kier alpha value is -3.22. The van der Waals surface area contributed by atoms with Crippen molar-refractivity contribution in [2.75, 3.05) is 6.54 Å². The zero-order valence-electron chi connectivity index (χ0n) is 17.0. The number of rotatable bonds is 5. The van der Waals surface area contributed by atoms with Crippen LogP contribution in [0.1, 0.15) is 36.0 Å². The predicted octanol–water partition coefficient (Wildman–Crippen LogP) is 2.79. The number of allylic oxidation sites excluding steroid dienone is 2. The molecule has 0 saturated carbocycles. The summed E-state index contributed by atoms with van der Waals surface area (Å²) in [6.45, 7) is 3.72. The summed E-state index contributed by atoms with van der Waals surface area (Å²) >= 11 is 0. The summed E-state index contributed by atoms with van der Waals surface area (Å²) in [5.41, 5.74) is 2.39. The zero-order valence-corrected chi connectivity index (χ0v) is 17.0. The molecule has 7 heteroatoms. The van der Waals surface area contributed by atoms with Gasteiger partial charge in [-0.2, -0.15) is 0 Å². The van der Waals surface area contributed by atoms with Gasteiger partial charge in [-0.25, -0.2) is 4.79 Å². The first-order chi connectivity index (χ1) is 14.4. The summed E-state index contributed by atoms with van der Waals surface area (Å²) < 4.78 is 10.7. The molecule has 7 nitrogen and oxygen atoms in total. The second-order valence-electron chi connectivity index (χ2n) is 7.87. The predicted molar refractivity (Wildman–Crippen MR) is 108 cm³/mol. The molecule has 0 N–H and O–H groups in total. The van der Waals surface area contributed by atoms with Crippen molar-refractivity contribution in [1.29, 1.82) is 0 Å². The number of likely N-dealkylation sites (tertiary alicyclic amines) is 1. The number of amides is 2. The number of ether oxygens (including phenoxy) is 1. The second kappa shape index (κ2) is 7.89. The molecule has 0 spiro atoms. The van der Waals surface area contributed by atoms with Gasteiger partial charge in [-0.3, -0.25) is 19.3 Å². The lowest BCUT2D eigenvalue weighted by atomic mass is 9.85. The Morgan fingerprint density at radius 1 is 1.10 bits per heavy atom. The normalized spacial score (nSPS) is 20.7. The molecule has 156 valence electrons. The second-order valence-corrected chi connectivity index (χ2v) is 7.87. The number of hydrogen-bond donors (Lipinski definition) is 0. The van der Waals surface area contributed by atoms with Crippen molar-refractivity contribution in [2.24, 2.45) is 11.8 Å². The van der Waals surface area contributed by atoms with E-state index in [-0.39, 0.29) is 43.2 Å². The van der Waals surface area contributed by atoms with Gasteiger partial charge in [0.2, 0.25) is 11.8 Å². The lowest BCUT2D eigenvalue weighted by Gasteiger charge is -2.14. The van der Waals surface area contributed by atoms with Crippen LogP contribution in [-0.4, -0.2) is 29.2 Å². The number of hydrogen-bond acceptors (Lipinski definition) is 6. The molecule has 0 radical (unpaired) electrons. The van der Waals surface area contributed by atoms with Gasteiger partial charge in [0.05, 0.1) is 18.3 Å². The van der Waals surface area contributed by atoms with Gasteiger partial charge >= 0.3 is 11.6 Å². The van der Waals surface area contributed by atoms with Crippen molar-refractivity contribution in [2.45, 2.75) is 39.7 Å². The molecular weight excluding hydrogens is 386 g/mol. The van der Waals surface area contributed by atoms with E-state index >= 15 is 0 Å². The molecule has 0 unspecified atom stereocenters. The Morgan fingerprint density at radius 2 is 1.77 bits per heavy atom. The molecule has 1 aliphatic carbocycles. The standard InChI is InChI=1S/C23H23NO6/c1-13-7-8-16-15(11-20(26)30-21(16)14(13)2)12-29-19(25)9-10-24-22(27)17-5-3-4-6-18(17)23(24)28/h3-4,7-8,11,17-18H,5-6,9-10,12H2,1-2H3/t17-,18-/m1/s1. The van der Waals surface area contributed by atoms with Gasteiger partial charge in [0.25, 0.3) is 0 Å². The van der Waals surface area contributed by atoms with Gasteiger partial charge in [-0.15, -0.1) is 0 Å². The maximum Gasteiger partial charge on any atom is 0.336 e. The fraction of sp³-hybridized carbons (Fsp3) is 0.391. The summed E-state index contributed by atoms with van der Waals surface area (Å²) in [6, 6.07) is 5.07. The quantitative estimate of drug-likeness (QED) is 0.326. The molecule has 1 aromatic heterocycles. The number of esters is 1. The first-order valence-electron chi connectivity index (χ1n) is 10.1. The van der Waals surface area contributed by atoms with Gasteiger partial charge in [-0.1, -0.05) is 24.3 Å². The SMILES string of the molecule is Cc1ccc2c(COC(=O)CCN3C(=O)[C@@H]4CC=CC[C@H]4C3=O)cc(=O)oc2c1C. The number of benzene rings is 1. The van der Waals surface area contributed by atoms with Crippen LogP contribution in [0.2, 0.25) is 0 Å². The number of nitrogens with zero attached hydrogens (tertiary/aromatic N) is 1. The van der Waals surface area contributed by atoms with Crippen molar-refractivity contribution in [1.82, 2.24) is 4.90 Å². The number of carbonyl (C=O) groups excluding carboxylic acids is 3. The minimum atomic E-state index is -0.533. The molecule has 2 aliphatic rings. The largest absolute Gasteiger partial charge is 0.461 e. The van der Waals surface area contributed by atoms with Crippen LogP contribution in [0.25, 0.3) is 11.0 Å². The summed E-state index contributed by atoms with van der Waals surface area (Å²) in [6.07, 6.45) is 4.90. The van der Waals surface area contributed by atoms with Crippen molar-refractivity contribution in [3.8, 4) is 0 Å². The van der Waals surface area contributed by atoms with Crippen LogP contribution in [0.5, 0.6) is 0 Å². The van der Waals surface area contributed by atoms with E-state index in [0.29, 0.717) is 29.4 Å². The fourth-order valence-corrected chi connectivity index (χ4v) is 4.17. The third kappa shape index (κ3) is 3.56. The van der Waals surface area contributed by atoms with Crippen molar-refractivity contribution < 1.29 is 23.5 Å². The molecule has 1 saturated heterocycles. The number of fused-ring (bicyclic) bond motifs is 2. The van der Waals surface area contributed by atoms with E-state index in [1.165, 1.54) is 11.0 Å². The summed E-state index contributed by atoms with van der Waals surface area (Å²) in [4.78, 5) is 50.3. The van der Waals surface area contributed by atoms with Gasteiger partial charge < -0.3 is 9.15 Å². The maximum absolute atomic E-state index is 12.5. The van der Waals surface area contributed by atoms with Crippen molar-refractivity contribution in [3.63, 3.8) is 0 Å². The van der Waals surface area contributed by atoms with Gasteiger partial charge in [0.15, 0.2) is 0 Å². The first kappa shape index (κ1) is 20.1. The molecule has 1 fully saturated rings. The number of carbonyl (C=O) groups is 3. The van der Waals surface area contributed by atoms with Crippen LogP contribution in [0.15, 0.2) is 39.6 Å². The van der Waals surface area contributed by atoms with Crippen molar-refractivity contribution >= 4 is 28.8 Å². The highest BCUT2D eigenvalue weighted by molar-refractivity contribution is 6.05. The summed E-state index contributed by atoms with van der Waals surface area (Å²) in [5.74, 6) is -1.56. The monoisotopic (exact) mass is 409 g/mol. The Balaban J connectivity index is 1.40. The highest BCUT2D eigenvalue weighted by atomic mass is 16.5. The fourth-order valence-electron chi connectivity index (χ4n) is 4.17. The van der Waals surface area contributed by atoms with Crippen LogP contribution in [-0.2, 0) is 25.7 Å². The van der Waals surface area contributed by atoms with E-state index in [0.717, 1.165) is 11.1 Å². The van der Waals surface area contributed by atoms with Gasteiger partial charge in [0, 0.05) is 23.6 Å². The molecule has 4 rings (SSSR count). The molecular formula is C23H23NO6. The Bertz CT molecular complexity index is 1100. The topological polar surface area (TPSA) is 93.9 Å². The van der Waals surface area contributed by atoms with Crippen LogP contribution in [0, 0.1) is 25.7 Å². The molecule has 2 aromatic rings. The highest BCUT2D eigenvalue weighted by Crippen LogP contribution is 2.35. The maximum atomic E-state index is 12.5. The van der Waals surface area contributed by atoms with E-state index in [9.17, 15) is 19.2 Å². The highest BCUT2D eigenvalue weighted by Gasteiger charge is 2.46. The van der Waals surface area contributed by atoms with Crippen LogP contribution in [0.4, 0.5) is 0 Å². The Labute approximate surface area is 173 Å². The average Bonchev–Trinajstić information content (AvgIpc) is 2.98. The molecule has 2 heterocycles. The van der Waals surface area contributed by atoms with Crippen LogP contribution < -0.4 is 5.63 Å². The average molecular weight is 409 g/mol. The molecule has 2 amide bonds. The lowest BCUT2D eigenvalue weighted by Crippen LogP contribution is -2.33. The summed E-state index contributed by atoms with van der Waals surface area (Å²) in [5, 5.41) is 0.715. The number of imide groups is 1. The van der Waals surface area contributed by atoms with Crippen LogP contribution >= 0.6 is 0 Å². The molecule has 30 heavy (non-hydrogen) atoms. The van der Waals surface area contributed by atoms with E-state index in [1.807, 2.05) is 38.1 Å². The van der Waals surface area contributed by atoms with E-state index < -0.39 is 11.6 Å². The van der Waals surface area contributed by atoms with E-state index in [2.05, 4.69) is 0 Å². The number of aryl methyl sites for hydroxylation is 2. The molecule has 1 aliphatic heterocycles. The summed E-state index contributed by atoms with van der Waals surface area (Å²) in [7, 11) is 0. The molecule has 1 aromatic carbocycles. The van der Waals surface area contributed by atoms with Crippen LogP contribution in [0.3, 0.4) is 0 Å². The molecule has 0 bridgehead atoms. The third-order valence-corrected chi connectivity index (χ3v) is 6.04. The minimum Gasteiger partial charge on any atom is -0.461 e. The lowest BCUT2D eigenvalue weighted by molar-refractivity contribution is -0.146. The van der Waals surface area contributed by atoms with E-state index in [1.54, 1.807) is 0 Å².